The van der Waals surface area contributed by atoms with Crippen LogP contribution in [0.2, 0.25) is 0 Å². The Morgan fingerprint density at radius 2 is 0.636 bits per heavy atom. The van der Waals surface area contributed by atoms with Crippen LogP contribution in [0.5, 0.6) is 0 Å². The van der Waals surface area contributed by atoms with Crippen LogP contribution >= 0.6 is 12.4 Å². The zero-order chi connectivity index (χ0) is 30.8. The van der Waals surface area contributed by atoms with E-state index >= 15 is 0 Å². The molecule has 13 nitrogen and oxygen atoms in total. The number of halogens is 1. The lowest BCUT2D eigenvalue weighted by atomic mass is 10.2. The van der Waals surface area contributed by atoms with Gasteiger partial charge in [-0.3, -0.25) is 0 Å². The first kappa shape index (κ1) is 32.3. The largest absolute Gasteiger partial charge is 0.399 e. The standard InChI is InChI=1S/C18H18N8.C12H13N5.ClH/c19-11-4-6-17(15(21)8-11)25-23-13-2-1-3-14(10-13)24-26-18-7-5-12(20)9-16(18)22;13-8-2-1-3-10(6-8)16-17-12-5-4-9(14)7-11(12)15;/h1-10H,19-22H2;1-7H,13-15H2;1H. The minimum Gasteiger partial charge on any atom is -0.399 e. The Hall–Kier alpha value is -6.21. The quantitative estimate of drug-likeness (QED) is 0.0733. The van der Waals surface area contributed by atoms with E-state index in [2.05, 4.69) is 30.7 Å². The fourth-order valence-corrected chi connectivity index (χ4v) is 3.53. The SMILES string of the molecule is Cl.Nc1ccc(N=Nc2cccc(N=Nc3ccc(N)cc3N)c2)c(N)c1.Nc1cccc(N=Nc2ccc(N)cc2N)c1. The molecule has 0 aromatic heterocycles. The number of hydrogen-bond donors (Lipinski definition) is 7. The van der Waals surface area contributed by atoms with Crippen LogP contribution in [-0.4, -0.2) is 0 Å². The Morgan fingerprint density at radius 1 is 0.318 bits per heavy atom. The van der Waals surface area contributed by atoms with Gasteiger partial charge in [0.05, 0.1) is 34.1 Å². The summed E-state index contributed by atoms with van der Waals surface area (Å²) in [5, 5.41) is 24.7. The van der Waals surface area contributed by atoms with Crippen molar-refractivity contribution in [1.82, 2.24) is 0 Å². The van der Waals surface area contributed by atoms with E-state index in [1.807, 2.05) is 12.1 Å². The van der Waals surface area contributed by atoms with Gasteiger partial charge in [-0.05, 0) is 91.0 Å². The average Bonchev–Trinajstić information content (AvgIpc) is 2.96. The molecule has 0 bridgehead atoms. The summed E-state index contributed by atoms with van der Waals surface area (Å²) in [7, 11) is 0. The van der Waals surface area contributed by atoms with Crippen molar-refractivity contribution in [1.29, 1.82) is 0 Å². The average molecular weight is 610 g/mol. The van der Waals surface area contributed by atoms with Gasteiger partial charge in [0.25, 0.3) is 0 Å². The maximum Gasteiger partial charge on any atom is 0.109 e. The molecule has 0 fully saturated rings. The number of rotatable bonds is 6. The number of azo groups is 3. The Labute approximate surface area is 260 Å². The zero-order valence-corrected chi connectivity index (χ0v) is 24.3. The summed E-state index contributed by atoms with van der Waals surface area (Å²) < 4.78 is 0. The van der Waals surface area contributed by atoms with Crippen LogP contribution < -0.4 is 40.1 Å². The van der Waals surface area contributed by atoms with Crippen molar-refractivity contribution in [3.05, 3.63) is 103 Å². The number of nitrogens with two attached hydrogens (primary N) is 7. The van der Waals surface area contributed by atoms with Gasteiger partial charge in [0.1, 0.15) is 17.1 Å². The molecule has 44 heavy (non-hydrogen) atoms. The summed E-state index contributed by atoms with van der Waals surface area (Å²) in [5.41, 5.74) is 47.4. The molecule has 5 rings (SSSR count). The van der Waals surface area contributed by atoms with E-state index in [-0.39, 0.29) is 12.4 Å². The van der Waals surface area contributed by atoms with Crippen LogP contribution in [0.1, 0.15) is 0 Å². The van der Waals surface area contributed by atoms with Crippen LogP contribution in [-0.2, 0) is 0 Å². The van der Waals surface area contributed by atoms with Crippen LogP contribution in [0.25, 0.3) is 0 Å². The Morgan fingerprint density at radius 3 is 0.977 bits per heavy atom. The minimum atomic E-state index is 0. The number of benzene rings is 5. The molecule has 0 radical (unpaired) electrons. The minimum absolute atomic E-state index is 0. The van der Waals surface area contributed by atoms with Gasteiger partial charge in [-0.15, -0.1) is 27.7 Å². The Kier molecular flexibility index (Phi) is 11.1. The van der Waals surface area contributed by atoms with E-state index in [0.717, 1.165) is 0 Å². The van der Waals surface area contributed by atoms with E-state index in [1.165, 1.54) is 0 Å². The second kappa shape index (κ2) is 15.1. The molecule has 224 valence electrons. The lowest BCUT2D eigenvalue weighted by molar-refractivity contribution is 1.21. The Bertz CT molecular complexity index is 1740. The van der Waals surface area contributed by atoms with Crippen molar-refractivity contribution in [3.8, 4) is 0 Å². The van der Waals surface area contributed by atoms with Crippen LogP contribution in [0.3, 0.4) is 0 Å². The van der Waals surface area contributed by atoms with Gasteiger partial charge in [-0.25, -0.2) is 0 Å². The summed E-state index contributed by atoms with van der Waals surface area (Å²) >= 11 is 0. The van der Waals surface area contributed by atoms with Gasteiger partial charge in [0.15, 0.2) is 0 Å². The highest BCUT2D eigenvalue weighted by atomic mass is 35.5. The van der Waals surface area contributed by atoms with Crippen molar-refractivity contribution in [2.24, 2.45) is 30.7 Å². The molecule has 5 aromatic rings. The van der Waals surface area contributed by atoms with Crippen LogP contribution in [0.15, 0.2) is 134 Å². The lowest BCUT2D eigenvalue weighted by Crippen LogP contribution is -1.89. The molecule has 0 spiro atoms. The molecule has 0 aliphatic rings. The molecular formula is C30H32ClN13. The molecular weight excluding hydrogens is 578 g/mol. The number of nitrogens with zero attached hydrogens (tertiary/aromatic N) is 6. The fourth-order valence-electron chi connectivity index (χ4n) is 3.53. The van der Waals surface area contributed by atoms with Gasteiger partial charge < -0.3 is 40.1 Å². The summed E-state index contributed by atoms with van der Waals surface area (Å²) in [6.45, 7) is 0. The maximum absolute atomic E-state index is 5.86. The summed E-state index contributed by atoms with van der Waals surface area (Å²) in [6.07, 6.45) is 0. The molecule has 0 aliphatic heterocycles. The molecule has 0 unspecified atom stereocenters. The highest BCUT2D eigenvalue weighted by Gasteiger charge is 2.01. The van der Waals surface area contributed by atoms with E-state index in [9.17, 15) is 0 Å². The van der Waals surface area contributed by atoms with Crippen molar-refractivity contribution in [2.45, 2.75) is 0 Å². The third-order valence-corrected chi connectivity index (χ3v) is 5.67. The first-order valence-corrected chi connectivity index (χ1v) is 12.8. The third-order valence-electron chi connectivity index (χ3n) is 5.67. The highest BCUT2D eigenvalue weighted by Crippen LogP contribution is 2.30. The number of nitrogen functional groups attached to an aromatic ring is 7. The predicted molar refractivity (Wildman–Crippen MR) is 183 cm³/mol. The highest BCUT2D eigenvalue weighted by molar-refractivity contribution is 5.85. The van der Waals surface area contributed by atoms with Crippen LogP contribution in [0, 0.1) is 0 Å². The molecule has 14 heteroatoms. The van der Waals surface area contributed by atoms with Crippen molar-refractivity contribution >= 4 is 86.3 Å². The summed E-state index contributed by atoms with van der Waals surface area (Å²) in [5.74, 6) is 0. The second-order valence-corrected chi connectivity index (χ2v) is 9.17. The molecule has 0 atom stereocenters. The van der Waals surface area contributed by atoms with E-state index in [4.69, 9.17) is 40.1 Å². The summed E-state index contributed by atoms with van der Waals surface area (Å²) in [6, 6.07) is 29.5. The first-order chi connectivity index (χ1) is 20.7. The van der Waals surface area contributed by atoms with Crippen molar-refractivity contribution in [3.63, 3.8) is 0 Å². The molecule has 0 saturated heterocycles. The summed E-state index contributed by atoms with van der Waals surface area (Å²) in [4.78, 5) is 0. The number of hydrogen-bond acceptors (Lipinski definition) is 13. The van der Waals surface area contributed by atoms with Gasteiger partial charge >= 0.3 is 0 Å². The first-order valence-electron chi connectivity index (χ1n) is 12.8. The van der Waals surface area contributed by atoms with Gasteiger partial charge in [0.2, 0.25) is 0 Å². The van der Waals surface area contributed by atoms with E-state index < -0.39 is 0 Å². The molecule has 0 saturated carbocycles. The van der Waals surface area contributed by atoms with E-state index in [0.29, 0.717) is 73.9 Å². The zero-order valence-electron chi connectivity index (χ0n) is 23.4. The monoisotopic (exact) mass is 609 g/mol. The van der Waals surface area contributed by atoms with Crippen molar-refractivity contribution < 1.29 is 0 Å². The van der Waals surface area contributed by atoms with E-state index in [1.54, 1.807) is 91.0 Å². The lowest BCUT2D eigenvalue weighted by Gasteiger charge is -2.01. The Balaban J connectivity index is 0.000000256. The topological polar surface area (TPSA) is 256 Å². The molecule has 0 amide bonds. The molecule has 0 heterocycles. The predicted octanol–water partition coefficient (Wildman–Crippen LogP) is 8.12. The smallest absolute Gasteiger partial charge is 0.109 e. The van der Waals surface area contributed by atoms with Crippen molar-refractivity contribution in [2.75, 3.05) is 40.1 Å². The molecule has 5 aromatic carbocycles. The van der Waals surface area contributed by atoms with Gasteiger partial charge in [0, 0.05) is 22.7 Å². The third kappa shape index (κ3) is 9.43. The fraction of sp³-hybridized carbons (Fsp3) is 0. The van der Waals surface area contributed by atoms with Crippen LogP contribution in [0.4, 0.5) is 73.9 Å². The second-order valence-electron chi connectivity index (χ2n) is 9.17. The molecule has 0 aliphatic carbocycles. The molecule has 14 N–H and O–H groups in total. The van der Waals surface area contributed by atoms with Gasteiger partial charge in [-0.1, -0.05) is 12.1 Å². The van der Waals surface area contributed by atoms with Gasteiger partial charge in [-0.2, -0.15) is 15.3 Å². The normalized spacial score (nSPS) is 10.9. The number of anilines is 7. The maximum atomic E-state index is 5.86.